The lowest BCUT2D eigenvalue weighted by Crippen LogP contribution is -2.47. The molecule has 7 heteroatoms. The number of aryl methyl sites for hydroxylation is 2. The van der Waals surface area contributed by atoms with E-state index in [0.717, 1.165) is 69.3 Å². The Balaban J connectivity index is 1.29. The predicted octanol–water partition coefficient (Wildman–Crippen LogP) is 1.83. The molecule has 4 rings (SSSR count). The van der Waals surface area contributed by atoms with E-state index in [0.29, 0.717) is 18.7 Å². The Bertz CT molecular complexity index is 875. The zero-order valence-corrected chi connectivity index (χ0v) is 15.3. The number of hydrogen-bond acceptors (Lipinski definition) is 4. The molecule has 1 aromatic carbocycles. The number of hydrogen-bond donors (Lipinski definition) is 0. The van der Waals surface area contributed by atoms with Crippen LogP contribution >= 0.6 is 0 Å². The van der Waals surface area contributed by atoms with Crippen LogP contribution in [0, 0.1) is 11.6 Å². The summed E-state index contributed by atoms with van der Waals surface area (Å²) >= 11 is 0. The van der Waals surface area contributed by atoms with Crippen LogP contribution in [0.25, 0.3) is 0 Å². The van der Waals surface area contributed by atoms with E-state index >= 15 is 0 Å². The van der Waals surface area contributed by atoms with Gasteiger partial charge in [-0.2, -0.15) is 5.10 Å². The third-order valence-corrected chi connectivity index (χ3v) is 5.52. The van der Waals surface area contributed by atoms with E-state index in [4.69, 9.17) is 0 Å². The number of benzene rings is 1. The Morgan fingerprint density at radius 1 is 0.963 bits per heavy atom. The summed E-state index contributed by atoms with van der Waals surface area (Å²) in [6, 6.07) is 5.34. The van der Waals surface area contributed by atoms with Gasteiger partial charge < -0.3 is 0 Å². The lowest BCUT2D eigenvalue weighted by molar-refractivity contribution is 0.121. The zero-order valence-electron chi connectivity index (χ0n) is 15.3. The first-order valence-corrected chi connectivity index (χ1v) is 9.57. The molecule has 1 aromatic heterocycles. The number of nitrogens with zero attached hydrogens (tertiary/aromatic N) is 4. The molecule has 0 N–H and O–H groups in total. The summed E-state index contributed by atoms with van der Waals surface area (Å²) in [5, 5.41) is 4.52. The largest absolute Gasteiger partial charge is 0.299 e. The molecule has 2 aromatic rings. The van der Waals surface area contributed by atoms with Crippen LogP contribution in [0.1, 0.15) is 23.2 Å². The first-order valence-electron chi connectivity index (χ1n) is 9.57. The Hall–Kier alpha value is -2.12. The van der Waals surface area contributed by atoms with Crippen molar-refractivity contribution in [3.63, 3.8) is 0 Å². The summed E-state index contributed by atoms with van der Waals surface area (Å²) in [6.45, 7) is 5.06. The highest BCUT2D eigenvalue weighted by Crippen LogP contribution is 2.17. The molecule has 1 aliphatic heterocycles. The maximum atomic E-state index is 13.8. The lowest BCUT2D eigenvalue weighted by atomic mass is 10.1. The third-order valence-electron chi connectivity index (χ3n) is 5.52. The molecule has 0 atom stereocenters. The van der Waals surface area contributed by atoms with Crippen molar-refractivity contribution in [1.29, 1.82) is 0 Å². The standard InChI is InChI=1S/C20H24F2N4O/c21-17-4-5-18(22)16(12-17)14-25-8-6-24(7-9-25)10-11-26-20(27)13-15-2-1-3-19(15)23-26/h4-5,12-13H,1-3,6-11,14H2. The van der Waals surface area contributed by atoms with E-state index < -0.39 is 5.82 Å². The van der Waals surface area contributed by atoms with Crippen molar-refractivity contribution in [1.82, 2.24) is 19.6 Å². The second kappa shape index (κ2) is 7.86. The van der Waals surface area contributed by atoms with Gasteiger partial charge in [0.15, 0.2) is 0 Å². The van der Waals surface area contributed by atoms with E-state index in [-0.39, 0.29) is 11.4 Å². The van der Waals surface area contributed by atoms with Crippen LogP contribution in [0.15, 0.2) is 29.1 Å². The van der Waals surface area contributed by atoms with Gasteiger partial charge in [0, 0.05) is 50.9 Å². The highest BCUT2D eigenvalue weighted by atomic mass is 19.1. The number of fused-ring (bicyclic) bond motifs is 1. The second-order valence-corrected chi connectivity index (χ2v) is 7.38. The van der Waals surface area contributed by atoms with Crippen LogP contribution in [0.3, 0.4) is 0 Å². The Morgan fingerprint density at radius 3 is 2.56 bits per heavy atom. The highest BCUT2D eigenvalue weighted by Gasteiger charge is 2.19. The van der Waals surface area contributed by atoms with Crippen LogP contribution in [0.4, 0.5) is 8.78 Å². The third kappa shape index (κ3) is 4.25. The van der Waals surface area contributed by atoms with Crippen molar-refractivity contribution < 1.29 is 8.78 Å². The van der Waals surface area contributed by atoms with Gasteiger partial charge in [0.1, 0.15) is 11.6 Å². The lowest BCUT2D eigenvalue weighted by Gasteiger charge is -2.34. The molecule has 0 unspecified atom stereocenters. The van der Waals surface area contributed by atoms with E-state index in [1.54, 1.807) is 10.7 Å². The summed E-state index contributed by atoms with van der Waals surface area (Å²) in [6.07, 6.45) is 3.01. The van der Waals surface area contributed by atoms with Crippen molar-refractivity contribution in [3.8, 4) is 0 Å². The number of halogens is 2. The molecule has 1 aliphatic carbocycles. The maximum Gasteiger partial charge on any atom is 0.267 e. The van der Waals surface area contributed by atoms with Gasteiger partial charge in [0.2, 0.25) is 0 Å². The van der Waals surface area contributed by atoms with Crippen LogP contribution in [0.5, 0.6) is 0 Å². The minimum absolute atomic E-state index is 0.0177. The summed E-state index contributed by atoms with van der Waals surface area (Å²) < 4.78 is 28.7. The van der Waals surface area contributed by atoms with Gasteiger partial charge in [-0.05, 0) is 43.0 Å². The van der Waals surface area contributed by atoms with Gasteiger partial charge in [-0.3, -0.25) is 14.6 Å². The molecule has 0 amide bonds. The van der Waals surface area contributed by atoms with Crippen LogP contribution in [0.2, 0.25) is 0 Å². The molecule has 2 heterocycles. The summed E-state index contributed by atoms with van der Waals surface area (Å²) in [4.78, 5) is 16.6. The van der Waals surface area contributed by atoms with Gasteiger partial charge in [0.05, 0.1) is 12.2 Å². The van der Waals surface area contributed by atoms with Gasteiger partial charge >= 0.3 is 0 Å². The average molecular weight is 374 g/mol. The minimum atomic E-state index is -0.405. The summed E-state index contributed by atoms with van der Waals surface area (Å²) in [5.74, 6) is -0.766. The van der Waals surface area contributed by atoms with Crippen molar-refractivity contribution in [2.24, 2.45) is 0 Å². The van der Waals surface area contributed by atoms with Crippen LogP contribution in [-0.2, 0) is 25.9 Å². The Labute approximate surface area is 157 Å². The van der Waals surface area contributed by atoms with E-state index in [2.05, 4.69) is 14.9 Å². The molecule has 144 valence electrons. The van der Waals surface area contributed by atoms with Crippen LogP contribution in [-0.4, -0.2) is 52.3 Å². The normalized spacial score (nSPS) is 18.0. The second-order valence-electron chi connectivity index (χ2n) is 7.38. The SMILES string of the molecule is O=c1cc2c(nn1CCN1CCN(Cc3cc(F)ccc3F)CC1)CCC2. The Morgan fingerprint density at radius 2 is 1.74 bits per heavy atom. The van der Waals surface area contributed by atoms with Gasteiger partial charge in [0.25, 0.3) is 5.56 Å². The monoisotopic (exact) mass is 374 g/mol. The van der Waals surface area contributed by atoms with Crippen molar-refractivity contribution in [2.75, 3.05) is 32.7 Å². The molecule has 0 bridgehead atoms. The number of aromatic nitrogens is 2. The van der Waals surface area contributed by atoms with Crippen molar-refractivity contribution in [2.45, 2.75) is 32.4 Å². The quantitative estimate of drug-likeness (QED) is 0.801. The maximum absolute atomic E-state index is 13.8. The first kappa shape index (κ1) is 18.3. The minimum Gasteiger partial charge on any atom is -0.299 e. The molecule has 1 saturated heterocycles. The Kier molecular flexibility index (Phi) is 5.31. The van der Waals surface area contributed by atoms with Crippen molar-refractivity contribution in [3.05, 3.63) is 63.1 Å². The van der Waals surface area contributed by atoms with Gasteiger partial charge in [-0.25, -0.2) is 13.5 Å². The fourth-order valence-corrected chi connectivity index (χ4v) is 3.91. The number of rotatable bonds is 5. The van der Waals surface area contributed by atoms with E-state index in [1.165, 1.54) is 12.1 Å². The summed E-state index contributed by atoms with van der Waals surface area (Å²) in [7, 11) is 0. The van der Waals surface area contributed by atoms with Gasteiger partial charge in [-0.15, -0.1) is 0 Å². The van der Waals surface area contributed by atoms with Crippen molar-refractivity contribution >= 4 is 0 Å². The molecular formula is C20H24F2N4O. The molecule has 27 heavy (non-hydrogen) atoms. The van der Waals surface area contributed by atoms with E-state index in [9.17, 15) is 13.6 Å². The smallest absolute Gasteiger partial charge is 0.267 e. The highest BCUT2D eigenvalue weighted by molar-refractivity contribution is 5.22. The van der Waals surface area contributed by atoms with E-state index in [1.807, 2.05) is 0 Å². The first-order chi connectivity index (χ1) is 13.1. The summed E-state index contributed by atoms with van der Waals surface area (Å²) in [5.41, 5.74) is 2.55. The molecule has 1 fully saturated rings. The topological polar surface area (TPSA) is 41.4 Å². The molecule has 5 nitrogen and oxygen atoms in total. The predicted molar refractivity (Wildman–Crippen MR) is 98.6 cm³/mol. The average Bonchev–Trinajstić information content (AvgIpc) is 3.11. The molecule has 0 radical (unpaired) electrons. The molecular weight excluding hydrogens is 350 g/mol. The fraction of sp³-hybridized carbons (Fsp3) is 0.500. The van der Waals surface area contributed by atoms with Gasteiger partial charge in [-0.1, -0.05) is 0 Å². The molecule has 2 aliphatic rings. The molecule has 0 spiro atoms. The molecule has 0 saturated carbocycles. The zero-order chi connectivity index (χ0) is 18.8. The van der Waals surface area contributed by atoms with Crippen LogP contribution < -0.4 is 5.56 Å². The number of piperazine rings is 1. The fourth-order valence-electron chi connectivity index (χ4n) is 3.91.